The fourth-order valence-electron chi connectivity index (χ4n) is 1.05. The SMILES string of the molecule is Cc1ccc(S[Si](C)(C)C(C)(C)C)cc1. The zero-order chi connectivity index (χ0) is 11.7. The van der Waals surface area contributed by atoms with E-state index in [9.17, 15) is 0 Å². The van der Waals surface area contributed by atoms with Crippen molar-refractivity contribution in [2.24, 2.45) is 0 Å². The molecule has 1 rings (SSSR count). The Morgan fingerprint density at radius 1 is 1.00 bits per heavy atom. The molecule has 0 nitrogen and oxygen atoms in total. The fraction of sp³-hybridized carbons (Fsp3) is 0.538. The second kappa shape index (κ2) is 4.34. The Morgan fingerprint density at radius 3 is 1.87 bits per heavy atom. The minimum Gasteiger partial charge on any atom is -0.151 e. The molecule has 0 unspecified atom stereocenters. The van der Waals surface area contributed by atoms with Gasteiger partial charge in [0.25, 0.3) is 0 Å². The second-order valence-corrected chi connectivity index (χ2v) is 14.5. The predicted octanol–water partition coefficient (Wildman–Crippen LogP) is 5.09. The lowest BCUT2D eigenvalue weighted by molar-refractivity contribution is 0.736. The first-order valence-electron chi connectivity index (χ1n) is 5.48. The Kier molecular flexibility index (Phi) is 3.72. The molecule has 0 amide bonds. The van der Waals surface area contributed by atoms with E-state index in [0.717, 1.165) is 0 Å². The van der Waals surface area contributed by atoms with Crippen LogP contribution in [0.15, 0.2) is 29.2 Å². The van der Waals surface area contributed by atoms with Crippen molar-refractivity contribution >= 4 is 18.4 Å². The zero-order valence-electron chi connectivity index (χ0n) is 10.7. The summed E-state index contributed by atoms with van der Waals surface area (Å²) in [5.41, 5.74) is 1.34. The minimum atomic E-state index is -1.25. The maximum Gasteiger partial charge on any atom is 0.122 e. The Morgan fingerprint density at radius 2 is 1.47 bits per heavy atom. The van der Waals surface area contributed by atoms with Crippen molar-refractivity contribution in [1.82, 2.24) is 0 Å². The Hall–Kier alpha value is -0.213. The van der Waals surface area contributed by atoms with Gasteiger partial charge in [0, 0.05) is 4.90 Å². The van der Waals surface area contributed by atoms with Gasteiger partial charge in [0.1, 0.15) is 7.22 Å². The molecule has 1 aromatic rings. The van der Waals surface area contributed by atoms with Gasteiger partial charge in [-0.15, -0.1) is 0 Å². The molecule has 0 aliphatic heterocycles. The molecule has 0 aliphatic carbocycles. The molecule has 0 heterocycles. The minimum absolute atomic E-state index is 0.447. The number of benzene rings is 1. The predicted molar refractivity (Wildman–Crippen MR) is 74.2 cm³/mol. The quantitative estimate of drug-likeness (QED) is 0.647. The van der Waals surface area contributed by atoms with E-state index in [1.165, 1.54) is 10.5 Å². The molecule has 2 heteroatoms. The molecule has 0 bridgehead atoms. The molecule has 0 N–H and O–H groups in total. The highest BCUT2D eigenvalue weighted by atomic mass is 32.4. The van der Waals surface area contributed by atoms with Crippen LogP contribution in [0.1, 0.15) is 26.3 Å². The van der Waals surface area contributed by atoms with E-state index in [2.05, 4.69) is 76.3 Å². The Bertz CT molecular complexity index is 319. The lowest BCUT2D eigenvalue weighted by atomic mass is 10.2. The lowest BCUT2D eigenvalue weighted by Crippen LogP contribution is -2.33. The van der Waals surface area contributed by atoms with Crippen LogP contribution in [0.2, 0.25) is 18.1 Å². The van der Waals surface area contributed by atoms with Gasteiger partial charge < -0.3 is 0 Å². The van der Waals surface area contributed by atoms with E-state index < -0.39 is 7.22 Å². The van der Waals surface area contributed by atoms with Crippen molar-refractivity contribution in [2.75, 3.05) is 0 Å². The fourth-order valence-corrected chi connectivity index (χ4v) is 5.32. The van der Waals surface area contributed by atoms with Crippen molar-refractivity contribution in [2.45, 2.75) is 50.7 Å². The summed E-state index contributed by atoms with van der Waals surface area (Å²) in [5, 5.41) is 0.447. The topological polar surface area (TPSA) is 0 Å². The van der Waals surface area contributed by atoms with Crippen LogP contribution < -0.4 is 0 Å². The first-order chi connectivity index (χ1) is 6.72. The molecule has 0 atom stereocenters. The standard InChI is InChI=1S/C13H22SSi/c1-11-7-9-12(10-8-11)14-15(5,6)13(2,3)4/h7-10H,1-6H3. The van der Waals surface area contributed by atoms with Crippen molar-refractivity contribution in [3.8, 4) is 0 Å². The van der Waals surface area contributed by atoms with E-state index in [4.69, 9.17) is 0 Å². The van der Waals surface area contributed by atoms with E-state index in [0.29, 0.717) is 5.04 Å². The average Bonchev–Trinajstić information content (AvgIpc) is 2.06. The van der Waals surface area contributed by atoms with Crippen LogP contribution in [-0.2, 0) is 0 Å². The normalized spacial score (nSPS) is 12.9. The molecule has 0 aliphatic rings. The molecule has 0 saturated heterocycles. The van der Waals surface area contributed by atoms with E-state index in [1.807, 2.05) is 0 Å². The zero-order valence-corrected chi connectivity index (χ0v) is 12.5. The summed E-state index contributed by atoms with van der Waals surface area (Å²) in [6.45, 7) is 14.1. The van der Waals surface area contributed by atoms with Gasteiger partial charge in [0.2, 0.25) is 0 Å². The van der Waals surface area contributed by atoms with Crippen molar-refractivity contribution in [3.05, 3.63) is 29.8 Å². The van der Waals surface area contributed by atoms with Crippen molar-refractivity contribution in [1.29, 1.82) is 0 Å². The Balaban J connectivity index is 2.82. The molecule has 84 valence electrons. The summed E-state index contributed by atoms with van der Waals surface area (Å²) >= 11 is 2.10. The highest BCUT2D eigenvalue weighted by Crippen LogP contribution is 2.46. The Labute approximate surface area is 99.1 Å². The maximum atomic E-state index is 2.46. The lowest BCUT2D eigenvalue weighted by Gasteiger charge is -2.36. The van der Waals surface area contributed by atoms with E-state index in [1.54, 1.807) is 0 Å². The van der Waals surface area contributed by atoms with Gasteiger partial charge in [-0.1, -0.05) is 51.6 Å². The van der Waals surface area contributed by atoms with Crippen molar-refractivity contribution in [3.63, 3.8) is 0 Å². The molecule has 0 aromatic heterocycles. The molecule has 0 saturated carbocycles. The monoisotopic (exact) mass is 238 g/mol. The van der Waals surface area contributed by atoms with Crippen LogP contribution in [-0.4, -0.2) is 7.22 Å². The van der Waals surface area contributed by atoms with E-state index in [-0.39, 0.29) is 0 Å². The first-order valence-corrected chi connectivity index (χ1v) is 10.0. The highest BCUT2D eigenvalue weighted by Gasteiger charge is 2.36. The maximum absolute atomic E-state index is 2.46. The number of rotatable bonds is 2. The molecule has 0 fully saturated rings. The van der Waals surface area contributed by atoms with Crippen LogP contribution >= 0.6 is 11.2 Å². The van der Waals surface area contributed by atoms with Gasteiger partial charge in [-0.25, -0.2) is 0 Å². The summed E-state index contributed by atoms with van der Waals surface area (Å²) in [6.07, 6.45) is 0. The smallest absolute Gasteiger partial charge is 0.122 e. The van der Waals surface area contributed by atoms with Gasteiger partial charge in [-0.2, -0.15) is 11.2 Å². The summed E-state index contributed by atoms with van der Waals surface area (Å²) in [5.74, 6) is 0. The third-order valence-electron chi connectivity index (χ3n) is 3.20. The average molecular weight is 238 g/mol. The second-order valence-electron chi connectivity index (χ2n) is 5.68. The van der Waals surface area contributed by atoms with Gasteiger partial charge >= 0.3 is 0 Å². The largest absolute Gasteiger partial charge is 0.151 e. The van der Waals surface area contributed by atoms with Gasteiger partial charge in [-0.3, -0.25) is 0 Å². The molecule has 1 aromatic carbocycles. The van der Waals surface area contributed by atoms with Crippen LogP contribution in [0.4, 0.5) is 0 Å². The van der Waals surface area contributed by atoms with Gasteiger partial charge in [0.05, 0.1) is 0 Å². The van der Waals surface area contributed by atoms with Gasteiger partial charge in [0.15, 0.2) is 0 Å². The van der Waals surface area contributed by atoms with Gasteiger partial charge in [-0.05, 0) is 24.1 Å². The van der Waals surface area contributed by atoms with E-state index >= 15 is 0 Å². The number of aryl methyl sites for hydroxylation is 1. The molecular weight excluding hydrogens is 216 g/mol. The third kappa shape index (κ3) is 3.39. The molecule has 0 radical (unpaired) electrons. The number of hydrogen-bond donors (Lipinski definition) is 0. The van der Waals surface area contributed by atoms with Crippen molar-refractivity contribution < 1.29 is 0 Å². The third-order valence-corrected chi connectivity index (χ3v) is 11.9. The van der Waals surface area contributed by atoms with Crippen LogP contribution in [0.3, 0.4) is 0 Å². The molecular formula is C13H22SSi. The van der Waals surface area contributed by atoms with Crippen LogP contribution in [0, 0.1) is 6.92 Å². The first kappa shape index (κ1) is 12.9. The summed E-state index contributed by atoms with van der Waals surface area (Å²) in [6, 6.07) is 8.91. The summed E-state index contributed by atoms with van der Waals surface area (Å²) < 4.78 is 0. The van der Waals surface area contributed by atoms with Crippen LogP contribution in [0.5, 0.6) is 0 Å². The molecule has 15 heavy (non-hydrogen) atoms. The molecule has 0 spiro atoms. The van der Waals surface area contributed by atoms with Crippen LogP contribution in [0.25, 0.3) is 0 Å². The summed E-state index contributed by atoms with van der Waals surface area (Å²) in [7, 11) is -1.25. The highest BCUT2D eigenvalue weighted by molar-refractivity contribution is 8.29. The summed E-state index contributed by atoms with van der Waals surface area (Å²) in [4.78, 5) is 1.42. The number of hydrogen-bond acceptors (Lipinski definition) is 1.